The van der Waals surface area contributed by atoms with Crippen molar-refractivity contribution in [3.05, 3.63) is 36.3 Å². The maximum atomic E-state index is 12.0. The van der Waals surface area contributed by atoms with Gasteiger partial charge in [0.1, 0.15) is 18.0 Å². The Morgan fingerprint density at radius 2 is 2.35 bits per heavy atom. The van der Waals surface area contributed by atoms with Crippen LogP contribution in [0.3, 0.4) is 0 Å². The van der Waals surface area contributed by atoms with Crippen LogP contribution in [-0.2, 0) is 9.47 Å². The number of rotatable bonds is 7. The van der Waals surface area contributed by atoms with E-state index in [0.29, 0.717) is 18.9 Å². The second-order valence-corrected chi connectivity index (χ2v) is 9.17. The molecule has 166 valence electrons. The number of alkyl carbamates (subject to hydrolysis) is 1. The molecule has 2 aromatic rings. The summed E-state index contributed by atoms with van der Waals surface area (Å²) in [7, 11) is 0. The quantitative estimate of drug-likeness (QED) is 0.625. The zero-order valence-corrected chi connectivity index (χ0v) is 17.8. The number of nitrogens with zero attached hydrogens (tertiary/aromatic N) is 3. The van der Waals surface area contributed by atoms with Crippen molar-refractivity contribution in [2.24, 2.45) is 5.92 Å². The molecule has 4 heterocycles. The molecule has 2 aliphatic heterocycles. The summed E-state index contributed by atoms with van der Waals surface area (Å²) in [6, 6.07) is 6.08. The van der Waals surface area contributed by atoms with Crippen molar-refractivity contribution in [3.8, 4) is 0 Å². The number of aromatic nitrogens is 3. The highest BCUT2D eigenvalue weighted by molar-refractivity contribution is 5.69. The molecule has 1 amide bonds. The van der Waals surface area contributed by atoms with Crippen molar-refractivity contribution in [3.63, 3.8) is 0 Å². The third-order valence-corrected chi connectivity index (χ3v) is 6.45. The largest absolute Gasteiger partial charge is 0.444 e. The number of nitrogens with one attached hydrogen (secondary N) is 3. The summed E-state index contributed by atoms with van der Waals surface area (Å²) in [6.45, 7) is 5.37. The number of hydrogen-bond acceptors (Lipinski definition) is 7. The Labute approximate surface area is 181 Å². The van der Waals surface area contributed by atoms with Gasteiger partial charge in [0.05, 0.1) is 24.2 Å². The molecule has 0 bridgehead atoms. The maximum Gasteiger partial charge on any atom is 0.407 e. The highest BCUT2D eigenvalue weighted by Crippen LogP contribution is 2.35. The predicted octanol–water partition coefficient (Wildman–Crippen LogP) is 2.85. The van der Waals surface area contributed by atoms with Crippen molar-refractivity contribution in [2.45, 2.75) is 50.4 Å². The number of aromatic amines is 1. The fraction of sp³-hybridized carbons (Fsp3) is 0.591. The van der Waals surface area contributed by atoms with Crippen LogP contribution in [0, 0.1) is 5.92 Å². The Balaban J connectivity index is 1.06. The minimum atomic E-state index is -0.349. The third-order valence-electron chi connectivity index (χ3n) is 6.45. The number of anilines is 2. The Bertz CT molecular complexity index is 900. The van der Waals surface area contributed by atoms with Gasteiger partial charge in [0.2, 0.25) is 0 Å². The molecule has 31 heavy (non-hydrogen) atoms. The van der Waals surface area contributed by atoms with Gasteiger partial charge in [-0.05, 0) is 44.2 Å². The molecule has 3 atom stereocenters. The zero-order chi connectivity index (χ0) is 21.3. The van der Waals surface area contributed by atoms with E-state index in [1.807, 2.05) is 25.3 Å². The molecule has 0 aromatic carbocycles. The van der Waals surface area contributed by atoms with Crippen LogP contribution < -0.4 is 15.5 Å². The molecule has 9 nitrogen and oxygen atoms in total. The number of pyridine rings is 1. The average Bonchev–Trinajstić information content (AvgIpc) is 3.23. The second kappa shape index (κ2) is 8.37. The molecular weight excluding hydrogens is 396 g/mol. The van der Waals surface area contributed by atoms with Crippen LogP contribution in [0.4, 0.5) is 16.3 Å². The minimum Gasteiger partial charge on any atom is -0.444 e. The van der Waals surface area contributed by atoms with Crippen molar-refractivity contribution >= 4 is 17.6 Å². The summed E-state index contributed by atoms with van der Waals surface area (Å²) in [4.78, 5) is 18.6. The Morgan fingerprint density at radius 1 is 1.45 bits per heavy atom. The van der Waals surface area contributed by atoms with Gasteiger partial charge in [0, 0.05) is 43.9 Å². The van der Waals surface area contributed by atoms with Crippen molar-refractivity contribution in [1.82, 2.24) is 20.5 Å². The Hall–Kier alpha value is -2.81. The minimum absolute atomic E-state index is 0.0752. The SMILES string of the molecule is CC1(NC(=O)O[C@H]2CO[C@@H](c3cc(NC[C@@H]4CCN(c5cccnc5)C4)n[nH]3)C2)CC1. The summed E-state index contributed by atoms with van der Waals surface area (Å²) in [5, 5.41) is 13.8. The summed E-state index contributed by atoms with van der Waals surface area (Å²) in [5.41, 5.74) is 2.02. The smallest absolute Gasteiger partial charge is 0.407 e. The van der Waals surface area contributed by atoms with E-state index in [1.54, 1.807) is 6.20 Å². The number of carbonyl (C=O) groups excluding carboxylic acids is 1. The number of ether oxygens (including phenoxy) is 2. The highest BCUT2D eigenvalue weighted by atomic mass is 16.6. The molecular formula is C22H30N6O3. The molecule has 9 heteroatoms. The van der Waals surface area contributed by atoms with E-state index >= 15 is 0 Å². The first-order chi connectivity index (χ1) is 15.1. The molecule has 5 rings (SSSR count). The van der Waals surface area contributed by atoms with E-state index < -0.39 is 0 Å². The van der Waals surface area contributed by atoms with Crippen LogP contribution in [0.25, 0.3) is 0 Å². The fourth-order valence-corrected chi connectivity index (χ4v) is 4.25. The van der Waals surface area contributed by atoms with Crippen LogP contribution in [0.2, 0.25) is 0 Å². The van der Waals surface area contributed by atoms with Crippen LogP contribution in [0.5, 0.6) is 0 Å². The maximum absolute atomic E-state index is 12.0. The van der Waals surface area contributed by atoms with Gasteiger partial charge >= 0.3 is 6.09 Å². The van der Waals surface area contributed by atoms with E-state index in [-0.39, 0.29) is 23.8 Å². The average molecular weight is 427 g/mol. The van der Waals surface area contributed by atoms with E-state index in [9.17, 15) is 4.79 Å². The molecule has 3 N–H and O–H groups in total. The number of amides is 1. The van der Waals surface area contributed by atoms with Crippen molar-refractivity contribution < 1.29 is 14.3 Å². The third kappa shape index (κ3) is 4.92. The molecule has 1 aliphatic carbocycles. The van der Waals surface area contributed by atoms with Gasteiger partial charge in [-0.2, -0.15) is 5.10 Å². The van der Waals surface area contributed by atoms with Gasteiger partial charge in [-0.25, -0.2) is 4.79 Å². The number of carbonyl (C=O) groups is 1. The summed E-state index contributed by atoms with van der Waals surface area (Å²) in [6.07, 6.45) is 6.81. The lowest BCUT2D eigenvalue weighted by Gasteiger charge is -2.18. The first kappa shape index (κ1) is 20.1. The number of H-pyrrole nitrogens is 1. The van der Waals surface area contributed by atoms with Gasteiger partial charge in [0.15, 0.2) is 0 Å². The highest BCUT2D eigenvalue weighted by Gasteiger charge is 2.40. The molecule has 3 fully saturated rings. The van der Waals surface area contributed by atoms with E-state index in [4.69, 9.17) is 9.47 Å². The first-order valence-corrected chi connectivity index (χ1v) is 11.1. The van der Waals surface area contributed by atoms with Gasteiger partial charge in [-0.15, -0.1) is 0 Å². The summed E-state index contributed by atoms with van der Waals surface area (Å²) >= 11 is 0. The molecule has 0 unspecified atom stereocenters. The number of hydrogen-bond donors (Lipinski definition) is 3. The predicted molar refractivity (Wildman–Crippen MR) is 116 cm³/mol. The van der Waals surface area contributed by atoms with Crippen LogP contribution in [0.1, 0.15) is 44.4 Å². The summed E-state index contributed by atoms with van der Waals surface area (Å²) < 4.78 is 11.3. The van der Waals surface area contributed by atoms with Gasteiger partial charge < -0.3 is 25.0 Å². The van der Waals surface area contributed by atoms with E-state index in [0.717, 1.165) is 50.4 Å². The Kier molecular flexibility index (Phi) is 5.43. The van der Waals surface area contributed by atoms with E-state index in [1.165, 1.54) is 5.69 Å². The van der Waals surface area contributed by atoms with Crippen LogP contribution >= 0.6 is 0 Å². The van der Waals surface area contributed by atoms with E-state index in [2.05, 4.69) is 36.8 Å². The molecule has 0 radical (unpaired) electrons. The second-order valence-electron chi connectivity index (χ2n) is 9.17. The first-order valence-electron chi connectivity index (χ1n) is 11.1. The monoisotopic (exact) mass is 426 g/mol. The van der Waals surface area contributed by atoms with Gasteiger partial charge in [0.25, 0.3) is 0 Å². The molecule has 0 spiro atoms. The topological polar surface area (TPSA) is 104 Å². The lowest BCUT2D eigenvalue weighted by atomic mass is 10.1. The van der Waals surface area contributed by atoms with Crippen LogP contribution in [-0.4, -0.2) is 59.2 Å². The molecule has 3 aliphatic rings. The lowest BCUT2D eigenvalue weighted by Crippen LogP contribution is -2.37. The van der Waals surface area contributed by atoms with Crippen molar-refractivity contribution in [1.29, 1.82) is 0 Å². The molecule has 2 saturated heterocycles. The molecule has 1 saturated carbocycles. The van der Waals surface area contributed by atoms with Crippen LogP contribution in [0.15, 0.2) is 30.6 Å². The fourth-order valence-electron chi connectivity index (χ4n) is 4.25. The van der Waals surface area contributed by atoms with Gasteiger partial charge in [-0.1, -0.05) is 0 Å². The summed E-state index contributed by atoms with van der Waals surface area (Å²) in [5.74, 6) is 1.38. The lowest BCUT2D eigenvalue weighted by molar-refractivity contribution is 0.0675. The normalized spacial score (nSPS) is 26.6. The van der Waals surface area contributed by atoms with Crippen molar-refractivity contribution in [2.75, 3.05) is 36.5 Å². The molecule has 2 aromatic heterocycles. The Morgan fingerprint density at radius 3 is 3.16 bits per heavy atom. The van der Waals surface area contributed by atoms with Gasteiger partial charge in [-0.3, -0.25) is 10.1 Å². The zero-order valence-electron chi connectivity index (χ0n) is 17.8. The standard InChI is InChI=1S/C22H30N6O3/c1-22(5-6-22)25-21(29)31-17-9-19(30-14-17)18-10-20(27-26-18)24-11-15-4-8-28(13-15)16-3-2-7-23-12-16/h2-3,7,10,12,15,17,19H,4-6,8-9,11,13-14H2,1H3,(H,25,29)(H2,24,26,27)/t15-,17+,19+/m0/s1.